The summed E-state index contributed by atoms with van der Waals surface area (Å²) in [6.45, 7) is 1.44. The van der Waals surface area contributed by atoms with Gasteiger partial charge >= 0.3 is 0 Å². The molecule has 2 unspecified atom stereocenters. The highest BCUT2D eigenvalue weighted by atomic mass is 16.7. The van der Waals surface area contributed by atoms with Gasteiger partial charge in [-0.25, -0.2) is 0 Å². The van der Waals surface area contributed by atoms with Gasteiger partial charge in [0.1, 0.15) is 24.4 Å². The van der Waals surface area contributed by atoms with E-state index in [2.05, 4.69) is 0 Å². The molecule has 0 saturated carbocycles. The van der Waals surface area contributed by atoms with Crippen LogP contribution < -0.4 is 0 Å². The predicted molar refractivity (Wildman–Crippen MR) is 69.7 cm³/mol. The highest BCUT2D eigenvalue weighted by molar-refractivity contribution is 5.16. The summed E-state index contributed by atoms with van der Waals surface area (Å²) in [5.41, 5.74) is 0.748. The van der Waals surface area contributed by atoms with E-state index >= 15 is 0 Å². The van der Waals surface area contributed by atoms with Gasteiger partial charge in [-0.3, -0.25) is 0 Å². The van der Waals surface area contributed by atoms with Crippen molar-refractivity contribution in [2.24, 2.45) is 0 Å². The van der Waals surface area contributed by atoms with Gasteiger partial charge in [-0.15, -0.1) is 0 Å². The lowest BCUT2D eigenvalue weighted by atomic mass is 9.87. The Hall–Kier alpha value is -1.02. The number of aliphatic hydroxyl groups excluding tert-OH is 4. The fourth-order valence-corrected chi connectivity index (χ4v) is 2.41. The van der Waals surface area contributed by atoms with E-state index in [-0.39, 0.29) is 6.42 Å². The van der Waals surface area contributed by atoms with Gasteiger partial charge in [0.2, 0.25) is 5.79 Å². The lowest BCUT2D eigenvalue weighted by molar-refractivity contribution is -0.370. The fourth-order valence-electron chi connectivity index (χ4n) is 2.41. The van der Waals surface area contributed by atoms with Crippen molar-refractivity contribution >= 4 is 0 Å². The van der Waals surface area contributed by atoms with Crippen LogP contribution in [0.5, 0.6) is 0 Å². The number of rotatable bonds is 3. The first-order valence-electron chi connectivity index (χ1n) is 6.52. The Morgan fingerprint density at radius 1 is 1.15 bits per heavy atom. The van der Waals surface area contributed by atoms with Crippen LogP contribution in [0.2, 0.25) is 0 Å². The summed E-state index contributed by atoms with van der Waals surface area (Å²) in [7, 11) is 0. The largest absolute Gasteiger partial charge is 0.388 e. The fraction of sp³-hybridized carbons (Fsp3) is 0.571. The molecule has 1 aliphatic rings. The standard InChI is InChI=1S/C14H20O6/c1-8-11(16)12(17)13(18)14(19,20-8)10(15)7-9-5-3-2-4-6-9/h2-6,8,10-13,15-19H,7H2,1H3/t8-,10?,11-,12+,13+,14?/m0/s1. The zero-order valence-electron chi connectivity index (χ0n) is 11.1. The molecule has 0 amide bonds. The molecule has 0 aliphatic carbocycles. The van der Waals surface area contributed by atoms with Crippen LogP contribution in [0.1, 0.15) is 12.5 Å². The summed E-state index contributed by atoms with van der Waals surface area (Å²) < 4.78 is 5.15. The molecule has 1 aliphatic heterocycles. The number of aliphatic hydroxyl groups is 5. The molecule has 6 heteroatoms. The Labute approximate surface area is 116 Å². The van der Waals surface area contributed by atoms with Gasteiger partial charge in [-0.1, -0.05) is 30.3 Å². The summed E-state index contributed by atoms with van der Waals surface area (Å²) in [6.07, 6.45) is -7.02. The summed E-state index contributed by atoms with van der Waals surface area (Å²) >= 11 is 0. The molecule has 5 N–H and O–H groups in total. The number of hydrogen-bond donors (Lipinski definition) is 5. The van der Waals surface area contributed by atoms with E-state index in [1.807, 2.05) is 6.07 Å². The van der Waals surface area contributed by atoms with E-state index < -0.39 is 36.3 Å². The van der Waals surface area contributed by atoms with Gasteiger partial charge in [0, 0.05) is 6.42 Å². The molecule has 1 aromatic carbocycles. The zero-order valence-corrected chi connectivity index (χ0v) is 11.1. The Kier molecular flexibility index (Phi) is 4.43. The van der Waals surface area contributed by atoms with Crippen LogP contribution in [0.15, 0.2) is 30.3 Å². The molecule has 6 atom stereocenters. The van der Waals surface area contributed by atoms with Crippen molar-refractivity contribution in [2.45, 2.75) is 49.7 Å². The molecule has 20 heavy (non-hydrogen) atoms. The first kappa shape index (κ1) is 15.4. The normalized spacial score (nSPS) is 39.5. The van der Waals surface area contributed by atoms with Crippen molar-refractivity contribution in [1.29, 1.82) is 0 Å². The first-order chi connectivity index (χ1) is 9.36. The maximum atomic E-state index is 10.3. The van der Waals surface area contributed by atoms with Crippen LogP contribution >= 0.6 is 0 Å². The van der Waals surface area contributed by atoms with Gasteiger partial charge < -0.3 is 30.3 Å². The SMILES string of the molecule is C[C@@H]1OC(O)(C(O)Cc2ccccc2)[C@H](O)[C@H](O)[C@H]1O. The average Bonchev–Trinajstić information content (AvgIpc) is 2.44. The zero-order chi connectivity index (χ0) is 14.9. The van der Waals surface area contributed by atoms with Gasteiger partial charge in [0.05, 0.1) is 6.10 Å². The van der Waals surface area contributed by atoms with E-state index in [1.165, 1.54) is 6.92 Å². The van der Waals surface area contributed by atoms with Crippen LogP contribution in [0.4, 0.5) is 0 Å². The minimum atomic E-state index is -2.33. The third-order valence-electron chi connectivity index (χ3n) is 3.70. The topological polar surface area (TPSA) is 110 Å². The minimum absolute atomic E-state index is 0.0456. The quantitative estimate of drug-likeness (QED) is 0.476. The molecule has 1 fully saturated rings. The van der Waals surface area contributed by atoms with Gasteiger partial charge in [0.25, 0.3) is 0 Å². The molecule has 0 bridgehead atoms. The van der Waals surface area contributed by atoms with Crippen molar-refractivity contribution in [2.75, 3.05) is 0 Å². The number of ether oxygens (including phenoxy) is 1. The van der Waals surface area contributed by atoms with E-state index in [0.29, 0.717) is 0 Å². The Morgan fingerprint density at radius 3 is 2.35 bits per heavy atom. The van der Waals surface area contributed by atoms with E-state index in [1.54, 1.807) is 24.3 Å². The van der Waals surface area contributed by atoms with E-state index in [9.17, 15) is 25.5 Å². The summed E-state index contributed by atoms with van der Waals surface area (Å²) in [5.74, 6) is -2.33. The van der Waals surface area contributed by atoms with E-state index in [4.69, 9.17) is 4.74 Å². The molecule has 0 spiro atoms. The van der Waals surface area contributed by atoms with Crippen molar-refractivity contribution < 1.29 is 30.3 Å². The molecule has 0 radical (unpaired) electrons. The van der Waals surface area contributed by atoms with Crippen molar-refractivity contribution in [1.82, 2.24) is 0 Å². The predicted octanol–water partition coefficient (Wildman–Crippen LogP) is -1.22. The maximum absolute atomic E-state index is 10.3. The summed E-state index contributed by atoms with van der Waals surface area (Å²) in [6, 6.07) is 8.91. The average molecular weight is 284 g/mol. The molecule has 1 heterocycles. The van der Waals surface area contributed by atoms with Crippen molar-refractivity contribution in [3.8, 4) is 0 Å². The highest BCUT2D eigenvalue weighted by Gasteiger charge is 2.55. The molecule has 1 saturated heterocycles. The summed E-state index contributed by atoms with van der Waals surface area (Å²) in [4.78, 5) is 0. The molecular weight excluding hydrogens is 264 g/mol. The van der Waals surface area contributed by atoms with Crippen LogP contribution in [-0.2, 0) is 11.2 Å². The third kappa shape index (κ3) is 2.71. The van der Waals surface area contributed by atoms with Crippen LogP contribution in [-0.4, -0.2) is 61.8 Å². The Balaban J connectivity index is 2.16. The number of benzene rings is 1. The third-order valence-corrected chi connectivity index (χ3v) is 3.70. The molecule has 112 valence electrons. The molecule has 6 nitrogen and oxygen atoms in total. The minimum Gasteiger partial charge on any atom is -0.388 e. The van der Waals surface area contributed by atoms with Gasteiger partial charge in [0.15, 0.2) is 0 Å². The highest BCUT2D eigenvalue weighted by Crippen LogP contribution is 2.32. The lowest BCUT2D eigenvalue weighted by Crippen LogP contribution is -2.68. The Bertz CT molecular complexity index is 439. The second-order valence-electron chi connectivity index (χ2n) is 5.21. The molecule has 1 aromatic rings. The van der Waals surface area contributed by atoms with Crippen molar-refractivity contribution in [3.63, 3.8) is 0 Å². The molecule has 0 aromatic heterocycles. The monoisotopic (exact) mass is 284 g/mol. The van der Waals surface area contributed by atoms with Gasteiger partial charge in [-0.05, 0) is 12.5 Å². The van der Waals surface area contributed by atoms with Gasteiger partial charge in [-0.2, -0.15) is 0 Å². The maximum Gasteiger partial charge on any atom is 0.222 e. The van der Waals surface area contributed by atoms with E-state index in [0.717, 1.165) is 5.56 Å². The number of hydrogen-bond acceptors (Lipinski definition) is 6. The molecular formula is C14H20O6. The lowest BCUT2D eigenvalue weighted by Gasteiger charge is -2.46. The van der Waals surface area contributed by atoms with Crippen LogP contribution in [0, 0.1) is 0 Å². The smallest absolute Gasteiger partial charge is 0.222 e. The molecule has 2 rings (SSSR count). The van der Waals surface area contributed by atoms with Crippen LogP contribution in [0.25, 0.3) is 0 Å². The Morgan fingerprint density at radius 2 is 1.75 bits per heavy atom. The second kappa shape index (κ2) is 5.77. The summed E-state index contributed by atoms with van der Waals surface area (Å²) in [5, 5.41) is 49.7. The van der Waals surface area contributed by atoms with Crippen molar-refractivity contribution in [3.05, 3.63) is 35.9 Å². The second-order valence-corrected chi connectivity index (χ2v) is 5.21. The first-order valence-corrected chi connectivity index (χ1v) is 6.52. The van der Waals surface area contributed by atoms with Crippen LogP contribution in [0.3, 0.4) is 0 Å².